The number of anilines is 1. The molecule has 5 heteroatoms. The highest BCUT2D eigenvalue weighted by Gasteiger charge is 2.26. The summed E-state index contributed by atoms with van der Waals surface area (Å²) in [7, 11) is 0. The van der Waals surface area contributed by atoms with E-state index >= 15 is 0 Å². The van der Waals surface area contributed by atoms with Crippen molar-refractivity contribution in [1.82, 2.24) is 4.98 Å². The Kier molecular flexibility index (Phi) is 4.60. The van der Waals surface area contributed by atoms with Crippen molar-refractivity contribution in [3.05, 3.63) is 23.0 Å². The molecule has 0 bridgehead atoms. The molecule has 1 aromatic heterocycles. The lowest BCUT2D eigenvalue weighted by Gasteiger charge is -2.38. The fourth-order valence-corrected chi connectivity index (χ4v) is 3.13. The van der Waals surface area contributed by atoms with Crippen molar-refractivity contribution in [1.29, 1.82) is 5.41 Å². The zero-order chi connectivity index (χ0) is 14.7. The summed E-state index contributed by atoms with van der Waals surface area (Å²) in [6, 6.07) is 2.34. The van der Waals surface area contributed by atoms with E-state index in [0.717, 1.165) is 48.4 Å². The lowest BCUT2D eigenvalue weighted by atomic mass is 9.97. The molecular formula is C15H24N4O. The Bertz CT molecular complexity index is 499. The van der Waals surface area contributed by atoms with Crippen LogP contribution < -0.4 is 10.6 Å². The van der Waals surface area contributed by atoms with Crippen LogP contribution in [0, 0.1) is 19.3 Å². The normalized spacial score (nSPS) is 19.1. The average molecular weight is 276 g/mol. The van der Waals surface area contributed by atoms with E-state index in [2.05, 4.69) is 9.88 Å². The standard InChI is InChI=1S/C15H24N4O/c1-10-9-13(14(15(16)17)11(2)18-10)19-7-4-3-5-12(19)6-8-20/h9,12,20H,3-8H2,1-2H3,(H3,16,17). The summed E-state index contributed by atoms with van der Waals surface area (Å²) in [6.45, 7) is 5.01. The second-order valence-corrected chi connectivity index (χ2v) is 5.51. The van der Waals surface area contributed by atoms with Gasteiger partial charge in [-0.2, -0.15) is 0 Å². The summed E-state index contributed by atoms with van der Waals surface area (Å²) in [5.41, 5.74) is 9.24. The van der Waals surface area contributed by atoms with Crippen LogP contribution in [0.15, 0.2) is 6.07 Å². The topological polar surface area (TPSA) is 86.2 Å². The minimum atomic E-state index is 0.0679. The van der Waals surface area contributed by atoms with Gasteiger partial charge in [0.25, 0.3) is 0 Å². The van der Waals surface area contributed by atoms with Gasteiger partial charge in [0.15, 0.2) is 0 Å². The highest BCUT2D eigenvalue weighted by atomic mass is 16.3. The Balaban J connectivity index is 2.46. The number of nitrogens with two attached hydrogens (primary N) is 1. The summed E-state index contributed by atoms with van der Waals surface area (Å²) in [6.07, 6.45) is 4.18. The fraction of sp³-hybridized carbons (Fsp3) is 0.600. The molecular weight excluding hydrogens is 252 g/mol. The minimum Gasteiger partial charge on any atom is -0.396 e. The molecule has 0 aromatic carbocycles. The zero-order valence-electron chi connectivity index (χ0n) is 12.3. The number of piperidine rings is 1. The summed E-state index contributed by atoms with van der Waals surface area (Å²) in [4.78, 5) is 6.73. The molecule has 1 unspecified atom stereocenters. The molecule has 110 valence electrons. The summed E-state index contributed by atoms with van der Waals surface area (Å²) < 4.78 is 0. The highest BCUT2D eigenvalue weighted by molar-refractivity contribution is 6.01. The van der Waals surface area contributed by atoms with Crippen molar-refractivity contribution >= 4 is 11.5 Å². The quantitative estimate of drug-likeness (QED) is 0.577. The number of amidine groups is 1. The van der Waals surface area contributed by atoms with E-state index in [1.807, 2.05) is 19.9 Å². The molecule has 1 saturated heterocycles. The Hall–Kier alpha value is -1.62. The number of hydrogen-bond donors (Lipinski definition) is 3. The molecule has 0 amide bonds. The lowest BCUT2D eigenvalue weighted by molar-refractivity contribution is 0.262. The van der Waals surface area contributed by atoms with Gasteiger partial charge in [-0.1, -0.05) is 0 Å². The van der Waals surface area contributed by atoms with Gasteiger partial charge in [-0.3, -0.25) is 10.4 Å². The highest BCUT2D eigenvalue weighted by Crippen LogP contribution is 2.30. The van der Waals surface area contributed by atoms with Crippen LogP contribution in [0.1, 0.15) is 42.6 Å². The van der Waals surface area contributed by atoms with Gasteiger partial charge in [0.1, 0.15) is 5.84 Å². The van der Waals surface area contributed by atoms with Crippen LogP contribution in [0.4, 0.5) is 5.69 Å². The second-order valence-electron chi connectivity index (χ2n) is 5.51. The Morgan fingerprint density at radius 2 is 2.25 bits per heavy atom. The number of hydrogen-bond acceptors (Lipinski definition) is 4. The molecule has 20 heavy (non-hydrogen) atoms. The van der Waals surface area contributed by atoms with Gasteiger partial charge in [0.05, 0.1) is 16.9 Å². The molecule has 5 nitrogen and oxygen atoms in total. The van der Waals surface area contributed by atoms with Crippen LogP contribution >= 0.6 is 0 Å². The van der Waals surface area contributed by atoms with Crippen LogP contribution in [-0.4, -0.2) is 35.1 Å². The molecule has 2 rings (SSSR count). The number of nitrogens with zero attached hydrogens (tertiary/aromatic N) is 2. The first-order valence-corrected chi connectivity index (χ1v) is 7.24. The van der Waals surface area contributed by atoms with Crippen LogP contribution in [0.3, 0.4) is 0 Å². The third kappa shape index (κ3) is 2.93. The SMILES string of the molecule is Cc1cc(N2CCCCC2CCO)c(C(=N)N)c(C)n1. The monoisotopic (exact) mass is 276 g/mol. The maximum absolute atomic E-state index is 9.26. The molecule has 0 spiro atoms. The van der Waals surface area contributed by atoms with E-state index in [-0.39, 0.29) is 12.4 Å². The van der Waals surface area contributed by atoms with Crippen LogP contribution in [0.2, 0.25) is 0 Å². The number of rotatable bonds is 4. The second kappa shape index (κ2) is 6.22. The molecule has 0 radical (unpaired) electrons. The molecule has 1 aliphatic heterocycles. The van der Waals surface area contributed by atoms with Gasteiger partial charge in [0.2, 0.25) is 0 Å². The predicted octanol–water partition coefficient (Wildman–Crippen LogP) is 1.72. The third-order valence-corrected chi connectivity index (χ3v) is 3.98. The lowest BCUT2D eigenvalue weighted by Crippen LogP contribution is -2.41. The van der Waals surface area contributed by atoms with E-state index in [9.17, 15) is 5.11 Å². The summed E-state index contributed by atoms with van der Waals surface area (Å²) >= 11 is 0. The van der Waals surface area contributed by atoms with E-state index in [1.54, 1.807) is 0 Å². The third-order valence-electron chi connectivity index (χ3n) is 3.98. The average Bonchev–Trinajstić information content (AvgIpc) is 2.38. The number of nitrogen functional groups attached to an aromatic ring is 1. The van der Waals surface area contributed by atoms with Crippen molar-refractivity contribution in [2.45, 2.75) is 45.6 Å². The molecule has 2 heterocycles. The Morgan fingerprint density at radius 1 is 1.50 bits per heavy atom. The van der Waals surface area contributed by atoms with Crippen molar-refractivity contribution in [3.63, 3.8) is 0 Å². The molecule has 4 N–H and O–H groups in total. The summed E-state index contributed by atoms with van der Waals surface area (Å²) in [5.74, 6) is 0.0679. The fourth-order valence-electron chi connectivity index (χ4n) is 3.13. The number of nitrogens with one attached hydrogen (secondary N) is 1. The first-order chi connectivity index (χ1) is 9.54. The van der Waals surface area contributed by atoms with Gasteiger partial charge in [-0.05, 0) is 45.6 Å². The molecule has 0 saturated carbocycles. The number of aromatic nitrogens is 1. The van der Waals surface area contributed by atoms with Gasteiger partial charge in [-0.15, -0.1) is 0 Å². The smallest absolute Gasteiger partial charge is 0.126 e. The van der Waals surface area contributed by atoms with E-state index in [1.165, 1.54) is 6.42 Å². The van der Waals surface area contributed by atoms with Crippen LogP contribution in [0.5, 0.6) is 0 Å². The first kappa shape index (κ1) is 14.8. The minimum absolute atomic E-state index is 0.0679. The van der Waals surface area contributed by atoms with E-state index in [0.29, 0.717) is 6.04 Å². The number of pyridine rings is 1. The molecule has 1 atom stereocenters. The molecule has 1 fully saturated rings. The van der Waals surface area contributed by atoms with E-state index < -0.39 is 0 Å². The number of aryl methyl sites for hydroxylation is 2. The molecule has 1 aliphatic rings. The first-order valence-electron chi connectivity index (χ1n) is 7.24. The van der Waals surface area contributed by atoms with Gasteiger partial charge < -0.3 is 15.7 Å². The Labute approximate surface area is 120 Å². The Morgan fingerprint density at radius 3 is 2.90 bits per heavy atom. The van der Waals surface area contributed by atoms with Gasteiger partial charge in [-0.25, -0.2) is 0 Å². The molecule has 0 aliphatic carbocycles. The van der Waals surface area contributed by atoms with Gasteiger partial charge in [0, 0.05) is 24.9 Å². The zero-order valence-corrected chi connectivity index (χ0v) is 12.3. The van der Waals surface area contributed by atoms with Crippen molar-refractivity contribution in [2.75, 3.05) is 18.1 Å². The number of aliphatic hydroxyl groups is 1. The van der Waals surface area contributed by atoms with Crippen molar-refractivity contribution in [2.24, 2.45) is 5.73 Å². The van der Waals surface area contributed by atoms with E-state index in [4.69, 9.17) is 11.1 Å². The summed E-state index contributed by atoms with van der Waals surface area (Å²) in [5, 5.41) is 17.1. The maximum Gasteiger partial charge on any atom is 0.126 e. The predicted molar refractivity (Wildman–Crippen MR) is 81.4 cm³/mol. The largest absolute Gasteiger partial charge is 0.396 e. The number of aliphatic hydroxyl groups excluding tert-OH is 1. The van der Waals surface area contributed by atoms with Crippen molar-refractivity contribution in [3.8, 4) is 0 Å². The maximum atomic E-state index is 9.26. The van der Waals surface area contributed by atoms with Crippen LogP contribution in [-0.2, 0) is 0 Å². The van der Waals surface area contributed by atoms with Crippen LogP contribution in [0.25, 0.3) is 0 Å². The van der Waals surface area contributed by atoms with Gasteiger partial charge >= 0.3 is 0 Å². The van der Waals surface area contributed by atoms with Crippen molar-refractivity contribution < 1.29 is 5.11 Å². The molecule has 1 aromatic rings.